The molecule has 1 aromatic rings. The molecule has 3 N–H and O–H groups in total. The summed E-state index contributed by atoms with van der Waals surface area (Å²) in [6.45, 7) is 1.77. The van der Waals surface area contributed by atoms with Gasteiger partial charge in [-0.25, -0.2) is 0 Å². The van der Waals surface area contributed by atoms with Crippen molar-refractivity contribution in [3.63, 3.8) is 0 Å². The molecular weight excluding hydrogens is 272 g/mol. The van der Waals surface area contributed by atoms with Crippen molar-refractivity contribution >= 4 is 17.7 Å². The molecule has 0 bridgehead atoms. The number of likely N-dealkylation sites (N-methyl/N-ethyl adjacent to an activating group) is 1. The van der Waals surface area contributed by atoms with Crippen LogP contribution in [0.15, 0.2) is 24.4 Å². The third-order valence-electron chi connectivity index (χ3n) is 2.79. The van der Waals surface area contributed by atoms with Crippen molar-refractivity contribution in [2.24, 2.45) is 0 Å². The van der Waals surface area contributed by atoms with Gasteiger partial charge < -0.3 is 16.0 Å². The van der Waals surface area contributed by atoms with E-state index in [0.29, 0.717) is 25.1 Å². The maximum atomic E-state index is 11.7. The van der Waals surface area contributed by atoms with Gasteiger partial charge in [-0.3, -0.25) is 19.4 Å². The van der Waals surface area contributed by atoms with Gasteiger partial charge in [0.25, 0.3) is 5.91 Å². The monoisotopic (exact) mass is 292 g/mol. The van der Waals surface area contributed by atoms with Crippen molar-refractivity contribution in [2.75, 3.05) is 13.6 Å². The molecule has 1 aromatic heterocycles. The molecule has 0 fully saturated rings. The summed E-state index contributed by atoms with van der Waals surface area (Å²) in [5.74, 6) is -0.769. The lowest BCUT2D eigenvalue weighted by atomic mass is 10.1. The molecule has 114 valence electrons. The fourth-order valence-corrected chi connectivity index (χ4v) is 1.78. The number of nitrogens with zero attached hydrogens (tertiary/aromatic N) is 1. The quantitative estimate of drug-likeness (QED) is 0.608. The Labute approximate surface area is 123 Å². The third kappa shape index (κ3) is 6.03. The molecule has 0 spiro atoms. The Hall–Kier alpha value is -2.44. The van der Waals surface area contributed by atoms with E-state index in [1.54, 1.807) is 24.4 Å². The number of hydrogen-bond donors (Lipinski definition) is 3. The van der Waals surface area contributed by atoms with Crippen LogP contribution in [-0.4, -0.2) is 42.3 Å². The second-order valence-electron chi connectivity index (χ2n) is 4.48. The van der Waals surface area contributed by atoms with Gasteiger partial charge in [0.2, 0.25) is 11.8 Å². The van der Waals surface area contributed by atoms with Crippen LogP contribution in [-0.2, 0) is 9.59 Å². The molecule has 0 radical (unpaired) electrons. The van der Waals surface area contributed by atoms with E-state index in [-0.39, 0.29) is 17.7 Å². The Balaban J connectivity index is 2.35. The van der Waals surface area contributed by atoms with E-state index in [0.717, 1.165) is 0 Å². The molecule has 0 aliphatic rings. The number of amides is 3. The Kier molecular flexibility index (Phi) is 6.86. The van der Waals surface area contributed by atoms with Crippen LogP contribution in [0.3, 0.4) is 0 Å². The smallest absolute Gasteiger partial charge is 0.269 e. The molecule has 0 unspecified atom stereocenters. The first-order chi connectivity index (χ1) is 10.0. The Bertz CT molecular complexity index is 490. The number of rotatable bonds is 7. The highest BCUT2D eigenvalue weighted by Gasteiger charge is 2.17. The van der Waals surface area contributed by atoms with Crippen LogP contribution in [0.1, 0.15) is 30.3 Å². The lowest BCUT2D eigenvalue weighted by Gasteiger charge is -2.16. The van der Waals surface area contributed by atoms with Crippen LogP contribution in [0.4, 0.5) is 0 Å². The summed E-state index contributed by atoms with van der Waals surface area (Å²) in [5, 5.41) is 7.79. The van der Waals surface area contributed by atoms with E-state index in [1.165, 1.54) is 14.0 Å². The molecule has 3 amide bonds. The minimum absolute atomic E-state index is 0.249. The van der Waals surface area contributed by atoms with Crippen LogP contribution in [0, 0.1) is 0 Å². The van der Waals surface area contributed by atoms with Gasteiger partial charge in [0, 0.05) is 26.7 Å². The van der Waals surface area contributed by atoms with Crippen molar-refractivity contribution in [3.8, 4) is 0 Å². The molecule has 0 aliphatic carbocycles. The van der Waals surface area contributed by atoms with Gasteiger partial charge in [-0.15, -0.1) is 0 Å². The van der Waals surface area contributed by atoms with Gasteiger partial charge in [0.1, 0.15) is 11.7 Å². The highest BCUT2D eigenvalue weighted by Crippen LogP contribution is 1.98. The first-order valence-electron chi connectivity index (χ1n) is 6.72. The predicted molar refractivity (Wildman–Crippen MR) is 77.5 cm³/mol. The van der Waals surface area contributed by atoms with E-state index in [4.69, 9.17) is 0 Å². The molecule has 0 saturated heterocycles. The zero-order valence-electron chi connectivity index (χ0n) is 12.2. The SMILES string of the molecule is CNC(=O)[C@H](CCCNC(=O)c1ccccn1)NC(C)=O. The number of pyridine rings is 1. The third-order valence-corrected chi connectivity index (χ3v) is 2.79. The predicted octanol–water partition coefficient (Wildman–Crippen LogP) is -0.158. The van der Waals surface area contributed by atoms with Gasteiger partial charge >= 0.3 is 0 Å². The van der Waals surface area contributed by atoms with Crippen LogP contribution >= 0.6 is 0 Å². The van der Waals surface area contributed by atoms with Crippen molar-refractivity contribution in [3.05, 3.63) is 30.1 Å². The van der Waals surface area contributed by atoms with E-state index in [1.807, 2.05) is 0 Å². The molecular formula is C14H20N4O3. The highest BCUT2D eigenvalue weighted by molar-refractivity contribution is 5.92. The summed E-state index contributed by atoms with van der Waals surface area (Å²) in [6, 6.07) is 4.51. The fraction of sp³-hybridized carbons (Fsp3) is 0.429. The largest absolute Gasteiger partial charge is 0.357 e. The number of carbonyl (C=O) groups excluding carboxylic acids is 3. The van der Waals surface area contributed by atoms with Crippen LogP contribution in [0.2, 0.25) is 0 Å². The molecule has 0 saturated carbocycles. The van der Waals surface area contributed by atoms with E-state index in [9.17, 15) is 14.4 Å². The maximum absolute atomic E-state index is 11.7. The molecule has 7 heteroatoms. The Morgan fingerprint density at radius 2 is 2.05 bits per heavy atom. The Morgan fingerprint density at radius 1 is 1.29 bits per heavy atom. The standard InChI is InChI=1S/C14H20N4O3/c1-10(19)18-12(13(20)15-2)7-5-9-17-14(21)11-6-3-4-8-16-11/h3-4,6,8,12H,5,7,9H2,1-2H3,(H,15,20)(H,17,21)(H,18,19)/t12-/m0/s1. The van der Waals surface area contributed by atoms with Crippen molar-refractivity contribution in [2.45, 2.75) is 25.8 Å². The zero-order valence-corrected chi connectivity index (χ0v) is 12.2. The van der Waals surface area contributed by atoms with E-state index >= 15 is 0 Å². The molecule has 0 aliphatic heterocycles. The number of carbonyl (C=O) groups is 3. The Morgan fingerprint density at radius 3 is 2.62 bits per heavy atom. The maximum Gasteiger partial charge on any atom is 0.269 e. The molecule has 1 heterocycles. The molecule has 21 heavy (non-hydrogen) atoms. The molecule has 0 aromatic carbocycles. The number of nitrogens with one attached hydrogen (secondary N) is 3. The number of hydrogen-bond acceptors (Lipinski definition) is 4. The minimum atomic E-state index is -0.584. The first-order valence-corrected chi connectivity index (χ1v) is 6.72. The second kappa shape index (κ2) is 8.68. The lowest BCUT2D eigenvalue weighted by Crippen LogP contribution is -2.45. The normalized spacial score (nSPS) is 11.3. The van der Waals surface area contributed by atoms with Gasteiger partial charge in [0.05, 0.1) is 0 Å². The van der Waals surface area contributed by atoms with E-state index in [2.05, 4.69) is 20.9 Å². The molecule has 1 atom stereocenters. The van der Waals surface area contributed by atoms with Crippen LogP contribution in [0.5, 0.6) is 0 Å². The average molecular weight is 292 g/mol. The molecule has 1 rings (SSSR count). The summed E-state index contributed by atoms with van der Waals surface area (Å²) in [6.07, 6.45) is 2.56. The first kappa shape index (κ1) is 16.6. The summed E-state index contributed by atoms with van der Waals surface area (Å²) in [7, 11) is 1.51. The van der Waals surface area contributed by atoms with Gasteiger partial charge in [-0.2, -0.15) is 0 Å². The van der Waals surface area contributed by atoms with Gasteiger partial charge in [0.15, 0.2) is 0 Å². The molecule has 7 nitrogen and oxygen atoms in total. The lowest BCUT2D eigenvalue weighted by molar-refractivity contribution is -0.127. The summed E-state index contributed by atoms with van der Waals surface area (Å²) in [4.78, 5) is 38.3. The van der Waals surface area contributed by atoms with Gasteiger partial charge in [-0.1, -0.05) is 6.07 Å². The van der Waals surface area contributed by atoms with Gasteiger partial charge in [-0.05, 0) is 25.0 Å². The minimum Gasteiger partial charge on any atom is -0.357 e. The number of aromatic nitrogens is 1. The second-order valence-corrected chi connectivity index (χ2v) is 4.48. The highest BCUT2D eigenvalue weighted by atomic mass is 16.2. The van der Waals surface area contributed by atoms with Crippen molar-refractivity contribution in [1.82, 2.24) is 20.9 Å². The topological polar surface area (TPSA) is 100 Å². The van der Waals surface area contributed by atoms with Crippen molar-refractivity contribution in [1.29, 1.82) is 0 Å². The van der Waals surface area contributed by atoms with Crippen molar-refractivity contribution < 1.29 is 14.4 Å². The average Bonchev–Trinajstić information content (AvgIpc) is 2.49. The van der Waals surface area contributed by atoms with E-state index < -0.39 is 6.04 Å². The summed E-state index contributed by atoms with van der Waals surface area (Å²) >= 11 is 0. The van der Waals surface area contributed by atoms with Crippen LogP contribution < -0.4 is 16.0 Å². The summed E-state index contributed by atoms with van der Waals surface area (Å²) in [5.41, 5.74) is 0.349. The summed E-state index contributed by atoms with van der Waals surface area (Å²) < 4.78 is 0. The fourth-order valence-electron chi connectivity index (χ4n) is 1.78. The zero-order chi connectivity index (χ0) is 15.7. The van der Waals surface area contributed by atoms with Crippen LogP contribution in [0.25, 0.3) is 0 Å².